The van der Waals surface area contributed by atoms with Gasteiger partial charge in [-0.2, -0.15) is 0 Å². The van der Waals surface area contributed by atoms with Crippen LogP contribution in [0.4, 0.5) is 0 Å². The summed E-state index contributed by atoms with van der Waals surface area (Å²) in [6, 6.07) is 5.16. The predicted molar refractivity (Wildman–Crippen MR) is 77.0 cm³/mol. The topological polar surface area (TPSA) is 116 Å². The number of carbonyl (C=O) groups excluding carboxylic acids is 2. The lowest BCUT2D eigenvalue weighted by molar-refractivity contribution is -0.136. The number of carbonyl (C=O) groups is 2. The van der Waals surface area contributed by atoms with E-state index in [2.05, 4.69) is 20.8 Å². The lowest BCUT2D eigenvalue weighted by Crippen LogP contribution is -2.32. The molecule has 0 aliphatic carbocycles. The molecule has 2 heterocycles. The Morgan fingerprint density at radius 2 is 2.22 bits per heavy atom. The van der Waals surface area contributed by atoms with E-state index < -0.39 is 11.9 Å². The normalized spacial score (nSPS) is 17.5. The molecule has 9 heteroatoms. The summed E-state index contributed by atoms with van der Waals surface area (Å²) in [5.74, 6) is -1.35. The number of rotatable bonds is 3. The van der Waals surface area contributed by atoms with Gasteiger partial charge in [0.15, 0.2) is 0 Å². The number of esters is 1. The van der Waals surface area contributed by atoms with Gasteiger partial charge in [0.25, 0.3) is 6.47 Å². The molecular formula is C14H12N4O5. The van der Waals surface area contributed by atoms with Crippen molar-refractivity contribution in [1.29, 1.82) is 0 Å². The van der Waals surface area contributed by atoms with Crippen LogP contribution in [0.25, 0.3) is 11.0 Å². The zero-order valence-electron chi connectivity index (χ0n) is 12.3. The summed E-state index contributed by atoms with van der Waals surface area (Å²) < 4.78 is 14.5. The first-order valence-electron chi connectivity index (χ1n) is 6.61. The molecule has 0 saturated carbocycles. The number of nitrogens with one attached hydrogen (secondary N) is 1. The van der Waals surface area contributed by atoms with Crippen molar-refractivity contribution in [2.24, 2.45) is 5.10 Å². The Bertz CT molecular complexity index is 839. The molecule has 0 spiro atoms. The minimum atomic E-state index is -0.774. The van der Waals surface area contributed by atoms with Crippen LogP contribution in [0.3, 0.4) is 0 Å². The maximum Gasteiger partial charge on any atom is 0.336 e. The van der Waals surface area contributed by atoms with Crippen LogP contribution in [0, 0.1) is 0 Å². The molecule has 1 N–H and O–H groups in total. The molecule has 0 bridgehead atoms. The Kier molecular flexibility index (Phi) is 3.75. The molecule has 1 atom stereocenters. The second kappa shape index (κ2) is 5.87. The number of methoxy groups -OCH3 is 1. The average Bonchev–Trinajstić information content (AvgIpc) is 3.04. The van der Waals surface area contributed by atoms with E-state index in [1.807, 2.05) is 0 Å². The first kappa shape index (κ1) is 14.7. The molecule has 2 aromatic rings. The minimum Gasteiger partial charge on any atom is -0.466 e. The molecule has 1 aliphatic rings. The van der Waals surface area contributed by atoms with Gasteiger partial charge >= 0.3 is 5.97 Å². The van der Waals surface area contributed by atoms with E-state index in [0.29, 0.717) is 22.3 Å². The van der Waals surface area contributed by atoms with Crippen molar-refractivity contribution in [3.8, 4) is 0 Å². The van der Waals surface area contributed by atoms with Crippen LogP contribution in [0.1, 0.15) is 18.4 Å². The number of nitrogens with zero attached hydrogens (tertiary/aromatic N) is 3. The highest BCUT2D eigenvalue weighted by molar-refractivity contribution is 6.04. The van der Waals surface area contributed by atoms with Crippen LogP contribution in [-0.4, -0.2) is 35.8 Å². The predicted octanol–water partition coefficient (Wildman–Crippen LogP) is 0.843. The van der Waals surface area contributed by atoms with Crippen LogP contribution in [0.15, 0.2) is 39.2 Å². The molecule has 0 saturated heterocycles. The zero-order valence-corrected chi connectivity index (χ0v) is 12.3. The van der Waals surface area contributed by atoms with Crippen molar-refractivity contribution in [2.45, 2.75) is 12.8 Å². The number of hydrazone groups is 1. The quantitative estimate of drug-likeness (QED) is 0.654. The highest BCUT2D eigenvalue weighted by Crippen LogP contribution is 2.34. The smallest absolute Gasteiger partial charge is 0.336 e. The van der Waals surface area contributed by atoms with E-state index >= 15 is 0 Å². The average molecular weight is 316 g/mol. The van der Waals surface area contributed by atoms with E-state index in [1.165, 1.54) is 7.11 Å². The standard InChI is InChI=1S/C14H12N4O5/c1-7-10(14(20)21-2)11(13(16-15-7)22-6-19)8-4-3-5-9-12(8)18-23-17-9/h3-6,11,15H,1-2H3. The summed E-state index contributed by atoms with van der Waals surface area (Å²) >= 11 is 0. The van der Waals surface area contributed by atoms with Crippen molar-refractivity contribution in [2.75, 3.05) is 7.11 Å². The molecule has 1 unspecified atom stereocenters. The van der Waals surface area contributed by atoms with Crippen LogP contribution in [0.5, 0.6) is 0 Å². The Labute approximate surface area is 129 Å². The molecular weight excluding hydrogens is 304 g/mol. The summed E-state index contributed by atoms with van der Waals surface area (Å²) in [6.07, 6.45) is 0. The number of aromatic nitrogens is 2. The number of benzene rings is 1. The van der Waals surface area contributed by atoms with Crippen molar-refractivity contribution in [1.82, 2.24) is 15.7 Å². The molecule has 1 aromatic heterocycles. The van der Waals surface area contributed by atoms with Crippen LogP contribution >= 0.6 is 0 Å². The maximum atomic E-state index is 12.2. The fraction of sp³-hybridized carbons (Fsp3) is 0.214. The third kappa shape index (κ3) is 2.41. The highest BCUT2D eigenvalue weighted by atomic mass is 16.6. The molecule has 0 amide bonds. The van der Waals surface area contributed by atoms with E-state index in [-0.39, 0.29) is 17.9 Å². The third-order valence-electron chi connectivity index (χ3n) is 3.48. The Hall–Kier alpha value is -3.23. The van der Waals surface area contributed by atoms with Gasteiger partial charge in [0.05, 0.1) is 18.6 Å². The van der Waals surface area contributed by atoms with Crippen LogP contribution in [0.2, 0.25) is 0 Å². The number of ether oxygens (including phenoxy) is 2. The first-order chi connectivity index (χ1) is 11.2. The van der Waals surface area contributed by atoms with Gasteiger partial charge in [-0.1, -0.05) is 12.1 Å². The van der Waals surface area contributed by atoms with Crippen molar-refractivity contribution >= 4 is 29.4 Å². The largest absolute Gasteiger partial charge is 0.466 e. The number of allylic oxidation sites excluding steroid dienone is 1. The van der Waals surface area contributed by atoms with Crippen molar-refractivity contribution in [3.05, 3.63) is 35.0 Å². The van der Waals surface area contributed by atoms with Crippen LogP contribution < -0.4 is 5.43 Å². The second-order valence-electron chi connectivity index (χ2n) is 4.72. The van der Waals surface area contributed by atoms with E-state index in [9.17, 15) is 9.59 Å². The van der Waals surface area contributed by atoms with Gasteiger partial charge in [0, 0.05) is 11.3 Å². The Balaban J connectivity index is 2.22. The van der Waals surface area contributed by atoms with Gasteiger partial charge in [-0.05, 0) is 23.3 Å². The molecule has 3 rings (SSSR count). The summed E-state index contributed by atoms with van der Waals surface area (Å²) in [5.41, 5.74) is 4.90. The van der Waals surface area contributed by atoms with Crippen molar-refractivity contribution < 1.29 is 23.7 Å². The van der Waals surface area contributed by atoms with Gasteiger partial charge in [0.2, 0.25) is 5.90 Å². The van der Waals surface area contributed by atoms with Gasteiger partial charge in [-0.25, -0.2) is 9.42 Å². The molecule has 1 aliphatic heterocycles. The van der Waals surface area contributed by atoms with Gasteiger partial charge in [-0.3, -0.25) is 10.2 Å². The van der Waals surface area contributed by atoms with E-state index in [1.54, 1.807) is 25.1 Å². The summed E-state index contributed by atoms with van der Waals surface area (Å²) in [4.78, 5) is 23.0. The fourth-order valence-corrected chi connectivity index (χ4v) is 2.48. The fourth-order valence-electron chi connectivity index (χ4n) is 2.48. The van der Waals surface area contributed by atoms with Crippen molar-refractivity contribution in [3.63, 3.8) is 0 Å². The molecule has 1 aromatic carbocycles. The number of hydrogen-bond acceptors (Lipinski definition) is 9. The molecule has 0 fully saturated rings. The van der Waals surface area contributed by atoms with Gasteiger partial charge in [-0.15, -0.1) is 5.10 Å². The van der Waals surface area contributed by atoms with Crippen LogP contribution in [-0.2, 0) is 19.1 Å². The van der Waals surface area contributed by atoms with E-state index in [4.69, 9.17) is 14.1 Å². The lowest BCUT2D eigenvalue weighted by atomic mass is 9.88. The van der Waals surface area contributed by atoms with Gasteiger partial charge in [0.1, 0.15) is 11.0 Å². The minimum absolute atomic E-state index is 0.00139. The molecule has 9 nitrogen and oxygen atoms in total. The second-order valence-corrected chi connectivity index (χ2v) is 4.72. The Morgan fingerprint density at radius 1 is 1.39 bits per heavy atom. The molecule has 118 valence electrons. The molecule has 23 heavy (non-hydrogen) atoms. The monoisotopic (exact) mass is 316 g/mol. The third-order valence-corrected chi connectivity index (χ3v) is 3.48. The SMILES string of the molecule is COC(=O)C1=C(C)NN=C(OC=O)C1c1cccc2nonc12. The highest BCUT2D eigenvalue weighted by Gasteiger charge is 2.36. The zero-order chi connectivity index (χ0) is 16.4. The maximum absolute atomic E-state index is 12.2. The van der Waals surface area contributed by atoms with E-state index in [0.717, 1.165) is 0 Å². The van der Waals surface area contributed by atoms with Gasteiger partial charge < -0.3 is 9.47 Å². The number of hydrogen-bond donors (Lipinski definition) is 1. The number of fused-ring (bicyclic) bond motifs is 1. The summed E-state index contributed by atoms with van der Waals surface area (Å²) in [7, 11) is 1.27. The summed E-state index contributed by atoms with van der Waals surface area (Å²) in [6.45, 7) is 1.91. The first-order valence-corrected chi connectivity index (χ1v) is 6.61. The Morgan fingerprint density at radius 3 is 2.96 bits per heavy atom. The lowest BCUT2D eigenvalue weighted by Gasteiger charge is -2.25. The molecule has 0 radical (unpaired) electrons. The summed E-state index contributed by atoms with van der Waals surface area (Å²) in [5, 5.41) is 11.6.